The number of hydrogen-bond donors (Lipinski definition) is 1. The highest BCUT2D eigenvalue weighted by Crippen LogP contribution is 2.36. The minimum Gasteiger partial charge on any atom is -0.388 e. The van der Waals surface area contributed by atoms with Gasteiger partial charge in [-0.3, -0.25) is 0 Å². The van der Waals surface area contributed by atoms with Crippen LogP contribution in [-0.2, 0) is 12.8 Å². The van der Waals surface area contributed by atoms with Crippen molar-refractivity contribution in [2.75, 3.05) is 0 Å². The van der Waals surface area contributed by atoms with Crippen LogP contribution in [0.15, 0.2) is 42.5 Å². The predicted molar refractivity (Wildman–Crippen MR) is 78.3 cm³/mol. The Labute approximate surface area is 123 Å². The van der Waals surface area contributed by atoms with Crippen LogP contribution < -0.4 is 0 Å². The summed E-state index contributed by atoms with van der Waals surface area (Å²) >= 11 is 5.81. The molecule has 2 unspecified atom stereocenters. The fourth-order valence-electron chi connectivity index (χ4n) is 2.99. The smallest absolute Gasteiger partial charge is 0.141 e. The maximum absolute atomic E-state index is 13.2. The third kappa shape index (κ3) is 2.58. The molecule has 3 heteroatoms. The molecule has 0 saturated carbocycles. The van der Waals surface area contributed by atoms with Gasteiger partial charge in [-0.1, -0.05) is 41.9 Å². The van der Waals surface area contributed by atoms with Crippen LogP contribution in [0, 0.1) is 11.7 Å². The zero-order valence-electron chi connectivity index (χ0n) is 11.0. The Morgan fingerprint density at radius 2 is 2.00 bits per heavy atom. The molecule has 1 N–H and O–H groups in total. The summed E-state index contributed by atoms with van der Waals surface area (Å²) in [7, 11) is 0. The molecule has 0 saturated heterocycles. The SMILES string of the molecule is OC1c2ccccc2CCC1Cc1ccc(F)c(Cl)c1. The largest absolute Gasteiger partial charge is 0.388 e. The number of benzene rings is 2. The van der Waals surface area contributed by atoms with Gasteiger partial charge in [0.25, 0.3) is 0 Å². The highest BCUT2D eigenvalue weighted by atomic mass is 35.5. The Hall–Kier alpha value is -1.38. The molecule has 1 nitrogen and oxygen atoms in total. The van der Waals surface area contributed by atoms with Crippen LogP contribution in [0.25, 0.3) is 0 Å². The molecule has 0 aromatic heterocycles. The summed E-state index contributed by atoms with van der Waals surface area (Å²) in [5.41, 5.74) is 3.23. The first-order valence-electron chi connectivity index (χ1n) is 6.85. The molecular weight excluding hydrogens is 275 g/mol. The highest BCUT2D eigenvalue weighted by molar-refractivity contribution is 6.30. The molecule has 0 bridgehead atoms. The zero-order valence-corrected chi connectivity index (χ0v) is 11.8. The standard InChI is InChI=1S/C17H16ClFO/c18-15-10-11(5-8-16(15)19)9-13-7-6-12-3-1-2-4-14(12)17(13)20/h1-5,8,10,13,17,20H,6-7,9H2. The second-order valence-electron chi connectivity index (χ2n) is 5.39. The summed E-state index contributed by atoms with van der Waals surface area (Å²) in [5, 5.41) is 10.6. The van der Waals surface area contributed by atoms with Gasteiger partial charge in [0.15, 0.2) is 0 Å². The van der Waals surface area contributed by atoms with Crippen LogP contribution in [0.3, 0.4) is 0 Å². The zero-order chi connectivity index (χ0) is 14.1. The molecule has 2 aromatic carbocycles. The molecule has 104 valence electrons. The fraction of sp³-hybridized carbons (Fsp3) is 0.294. The van der Waals surface area contributed by atoms with Gasteiger partial charge in [-0.15, -0.1) is 0 Å². The van der Waals surface area contributed by atoms with E-state index < -0.39 is 11.9 Å². The van der Waals surface area contributed by atoms with Gasteiger partial charge in [0, 0.05) is 0 Å². The van der Waals surface area contributed by atoms with E-state index in [4.69, 9.17) is 11.6 Å². The first-order valence-corrected chi connectivity index (χ1v) is 7.23. The Morgan fingerprint density at radius 1 is 1.20 bits per heavy atom. The molecule has 20 heavy (non-hydrogen) atoms. The van der Waals surface area contributed by atoms with E-state index in [9.17, 15) is 9.50 Å². The van der Waals surface area contributed by atoms with Gasteiger partial charge >= 0.3 is 0 Å². The lowest BCUT2D eigenvalue weighted by Gasteiger charge is -2.30. The highest BCUT2D eigenvalue weighted by Gasteiger charge is 2.27. The topological polar surface area (TPSA) is 20.2 Å². The maximum atomic E-state index is 13.2. The second kappa shape index (κ2) is 5.55. The molecule has 0 radical (unpaired) electrons. The number of rotatable bonds is 2. The quantitative estimate of drug-likeness (QED) is 0.873. The van der Waals surface area contributed by atoms with E-state index in [0.29, 0.717) is 0 Å². The molecular formula is C17H16ClFO. The summed E-state index contributed by atoms with van der Waals surface area (Å²) in [6.07, 6.45) is 2.18. The Bertz CT molecular complexity index is 626. The summed E-state index contributed by atoms with van der Waals surface area (Å²) in [4.78, 5) is 0. The minimum absolute atomic E-state index is 0.146. The fourth-order valence-corrected chi connectivity index (χ4v) is 3.19. The van der Waals surface area contributed by atoms with Crippen LogP contribution in [0.1, 0.15) is 29.2 Å². The van der Waals surface area contributed by atoms with Crippen LogP contribution in [-0.4, -0.2) is 5.11 Å². The van der Waals surface area contributed by atoms with Crippen molar-refractivity contribution in [1.29, 1.82) is 0 Å². The van der Waals surface area contributed by atoms with Crippen LogP contribution in [0.5, 0.6) is 0 Å². The van der Waals surface area contributed by atoms with Crippen molar-refractivity contribution in [3.8, 4) is 0 Å². The lowest BCUT2D eigenvalue weighted by molar-refractivity contribution is 0.0936. The van der Waals surface area contributed by atoms with Crippen molar-refractivity contribution in [2.45, 2.75) is 25.4 Å². The van der Waals surface area contributed by atoms with Crippen molar-refractivity contribution in [2.24, 2.45) is 5.92 Å². The number of aliphatic hydroxyl groups excluding tert-OH is 1. The first kappa shape index (κ1) is 13.6. The van der Waals surface area contributed by atoms with Gasteiger partial charge in [0.05, 0.1) is 11.1 Å². The molecule has 3 rings (SSSR count). The third-order valence-electron chi connectivity index (χ3n) is 4.09. The summed E-state index contributed by atoms with van der Waals surface area (Å²) in [5.74, 6) is -0.239. The molecule has 2 atom stereocenters. The Balaban J connectivity index is 1.81. The number of hydrogen-bond acceptors (Lipinski definition) is 1. The van der Waals surface area contributed by atoms with Crippen LogP contribution in [0.2, 0.25) is 5.02 Å². The Kier molecular flexibility index (Phi) is 3.77. The van der Waals surface area contributed by atoms with Crippen molar-refractivity contribution in [3.63, 3.8) is 0 Å². The predicted octanol–water partition coefficient (Wildman–Crippen LogP) is 4.32. The van der Waals surface area contributed by atoms with Crippen LogP contribution >= 0.6 is 11.6 Å². The number of halogens is 2. The van der Waals surface area contributed by atoms with Gasteiger partial charge in [-0.05, 0) is 54.0 Å². The summed E-state index contributed by atoms with van der Waals surface area (Å²) in [6.45, 7) is 0. The average Bonchev–Trinajstić information content (AvgIpc) is 2.46. The van der Waals surface area contributed by atoms with E-state index in [2.05, 4.69) is 6.07 Å². The molecule has 0 aliphatic heterocycles. The van der Waals surface area contributed by atoms with Gasteiger partial charge in [0.2, 0.25) is 0 Å². The van der Waals surface area contributed by atoms with Crippen molar-refractivity contribution in [1.82, 2.24) is 0 Å². The minimum atomic E-state index is -0.455. The van der Waals surface area contributed by atoms with Gasteiger partial charge in [0.1, 0.15) is 5.82 Å². The van der Waals surface area contributed by atoms with Crippen molar-refractivity contribution < 1.29 is 9.50 Å². The van der Waals surface area contributed by atoms with Crippen molar-refractivity contribution >= 4 is 11.6 Å². The number of fused-ring (bicyclic) bond motifs is 1. The van der Waals surface area contributed by atoms with Gasteiger partial charge in [-0.25, -0.2) is 4.39 Å². The van der Waals surface area contributed by atoms with E-state index in [1.54, 1.807) is 12.1 Å². The Morgan fingerprint density at radius 3 is 2.80 bits per heavy atom. The van der Waals surface area contributed by atoms with E-state index in [-0.39, 0.29) is 10.9 Å². The second-order valence-corrected chi connectivity index (χ2v) is 5.80. The molecule has 0 fully saturated rings. The van der Waals surface area contributed by atoms with E-state index in [1.807, 2.05) is 18.2 Å². The number of aliphatic hydroxyl groups is 1. The lowest BCUT2D eigenvalue weighted by Crippen LogP contribution is -2.22. The van der Waals surface area contributed by atoms with E-state index >= 15 is 0 Å². The molecule has 1 aliphatic carbocycles. The molecule has 0 heterocycles. The van der Waals surface area contributed by atoms with Gasteiger partial charge < -0.3 is 5.11 Å². The third-order valence-corrected chi connectivity index (χ3v) is 4.38. The monoisotopic (exact) mass is 290 g/mol. The summed E-state index contributed by atoms with van der Waals surface area (Å²) < 4.78 is 13.2. The molecule has 1 aliphatic rings. The normalized spacial score (nSPS) is 21.6. The summed E-state index contributed by atoms with van der Waals surface area (Å²) in [6, 6.07) is 12.8. The lowest BCUT2D eigenvalue weighted by atomic mass is 9.78. The van der Waals surface area contributed by atoms with Crippen LogP contribution in [0.4, 0.5) is 4.39 Å². The van der Waals surface area contributed by atoms with Crippen molar-refractivity contribution in [3.05, 3.63) is 70.0 Å². The van der Waals surface area contributed by atoms with E-state index in [0.717, 1.165) is 30.4 Å². The molecule has 2 aromatic rings. The average molecular weight is 291 g/mol. The van der Waals surface area contributed by atoms with E-state index in [1.165, 1.54) is 11.6 Å². The molecule has 0 spiro atoms. The number of aryl methyl sites for hydroxylation is 1. The first-order chi connectivity index (χ1) is 9.65. The maximum Gasteiger partial charge on any atom is 0.141 e. The van der Waals surface area contributed by atoms with Gasteiger partial charge in [-0.2, -0.15) is 0 Å². The molecule has 0 amide bonds.